The number of hydrogen-bond donors (Lipinski definition) is 1. The van der Waals surface area contributed by atoms with Crippen LogP contribution in [0.15, 0.2) is 59.1 Å². The van der Waals surface area contributed by atoms with Crippen molar-refractivity contribution < 1.29 is 13.9 Å². The number of carbonyl (C=O) groups excluding carboxylic acids is 1. The van der Waals surface area contributed by atoms with Crippen LogP contribution in [0.4, 0.5) is 5.82 Å². The summed E-state index contributed by atoms with van der Waals surface area (Å²) < 4.78 is 11.1. The Morgan fingerprint density at radius 3 is 2.57 bits per heavy atom. The SMILES string of the molecule is O=C(NCc1ccc(-c2ccc(Cl)cc2)o1)c1ccc(N2CCOCC2)nc1. The smallest absolute Gasteiger partial charge is 0.253 e. The number of hydrogen-bond acceptors (Lipinski definition) is 5. The lowest BCUT2D eigenvalue weighted by atomic mass is 10.2. The summed E-state index contributed by atoms with van der Waals surface area (Å²) in [6.07, 6.45) is 1.60. The number of aromatic nitrogens is 1. The summed E-state index contributed by atoms with van der Waals surface area (Å²) in [5.74, 6) is 2.08. The van der Waals surface area contributed by atoms with Gasteiger partial charge in [-0.15, -0.1) is 0 Å². The number of furan rings is 1. The van der Waals surface area contributed by atoms with Gasteiger partial charge in [0.25, 0.3) is 5.91 Å². The highest BCUT2D eigenvalue weighted by Crippen LogP contribution is 2.23. The summed E-state index contributed by atoms with van der Waals surface area (Å²) in [6.45, 7) is 3.33. The summed E-state index contributed by atoms with van der Waals surface area (Å²) in [5, 5.41) is 3.54. The average Bonchev–Trinajstić information content (AvgIpc) is 3.22. The van der Waals surface area contributed by atoms with E-state index in [0.29, 0.717) is 36.1 Å². The van der Waals surface area contributed by atoms with Crippen molar-refractivity contribution in [3.05, 3.63) is 71.1 Å². The number of pyridine rings is 1. The topological polar surface area (TPSA) is 67.6 Å². The van der Waals surface area contributed by atoms with E-state index in [1.165, 1.54) is 0 Å². The van der Waals surface area contributed by atoms with Gasteiger partial charge in [0.2, 0.25) is 0 Å². The van der Waals surface area contributed by atoms with E-state index < -0.39 is 0 Å². The number of nitrogens with one attached hydrogen (secondary N) is 1. The molecule has 28 heavy (non-hydrogen) atoms. The monoisotopic (exact) mass is 397 g/mol. The Hall–Kier alpha value is -2.83. The van der Waals surface area contributed by atoms with Crippen LogP contribution in [0.25, 0.3) is 11.3 Å². The molecule has 3 aromatic rings. The van der Waals surface area contributed by atoms with E-state index in [1.54, 1.807) is 12.3 Å². The first kappa shape index (κ1) is 18.5. The van der Waals surface area contributed by atoms with Gasteiger partial charge in [-0.1, -0.05) is 11.6 Å². The van der Waals surface area contributed by atoms with Crippen molar-refractivity contribution in [2.24, 2.45) is 0 Å². The molecule has 1 saturated heterocycles. The van der Waals surface area contributed by atoms with Crippen molar-refractivity contribution in [1.29, 1.82) is 0 Å². The maximum absolute atomic E-state index is 12.4. The second-order valence-corrected chi connectivity index (χ2v) is 6.90. The first-order valence-corrected chi connectivity index (χ1v) is 9.48. The van der Waals surface area contributed by atoms with Gasteiger partial charge in [-0.3, -0.25) is 4.79 Å². The van der Waals surface area contributed by atoms with Gasteiger partial charge in [-0.2, -0.15) is 0 Å². The van der Waals surface area contributed by atoms with Gasteiger partial charge in [0.15, 0.2) is 0 Å². The van der Waals surface area contributed by atoms with E-state index in [-0.39, 0.29) is 5.91 Å². The van der Waals surface area contributed by atoms with Crippen LogP contribution in [0.1, 0.15) is 16.1 Å². The Labute approximate surface area is 168 Å². The van der Waals surface area contributed by atoms with Gasteiger partial charge in [0.1, 0.15) is 17.3 Å². The molecule has 2 aromatic heterocycles. The molecule has 0 radical (unpaired) electrons. The third kappa shape index (κ3) is 4.35. The highest BCUT2D eigenvalue weighted by Gasteiger charge is 2.14. The van der Waals surface area contributed by atoms with E-state index in [9.17, 15) is 4.79 Å². The Bertz CT molecular complexity index is 932. The van der Waals surface area contributed by atoms with Crippen molar-refractivity contribution >= 4 is 23.3 Å². The number of carbonyl (C=O) groups is 1. The van der Waals surface area contributed by atoms with Gasteiger partial charge in [-0.05, 0) is 48.5 Å². The average molecular weight is 398 g/mol. The van der Waals surface area contributed by atoms with Crippen molar-refractivity contribution in [2.75, 3.05) is 31.2 Å². The lowest BCUT2D eigenvalue weighted by Gasteiger charge is -2.27. The molecule has 0 spiro atoms. The van der Waals surface area contributed by atoms with Crippen LogP contribution in [0, 0.1) is 0 Å². The number of ether oxygens (including phenoxy) is 1. The summed E-state index contributed by atoms with van der Waals surface area (Å²) in [4.78, 5) is 18.9. The fraction of sp³-hybridized carbons (Fsp3) is 0.238. The zero-order valence-electron chi connectivity index (χ0n) is 15.2. The standard InChI is InChI=1S/C21H20ClN3O3/c22-17-4-1-15(2-5-17)19-7-6-18(28-19)14-24-21(26)16-3-8-20(23-13-16)25-9-11-27-12-10-25/h1-8,13H,9-12,14H2,(H,24,26). The summed E-state index contributed by atoms with van der Waals surface area (Å²) in [7, 11) is 0. The van der Waals surface area contributed by atoms with Gasteiger partial charge >= 0.3 is 0 Å². The van der Waals surface area contributed by atoms with Crippen molar-refractivity contribution in [1.82, 2.24) is 10.3 Å². The predicted molar refractivity (Wildman–Crippen MR) is 108 cm³/mol. The molecule has 1 aliphatic heterocycles. The third-order valence-corrected chi connectivity index (χ3v) is 4.81. The zero-order valence-corrected chi connectivity index (χ0v) is 16.0. The van der Waals surface area contributed by atoms with Crippen LogP contribution in [0.5, 0.6) is 0 Å². The highest BCUT2D eigenvalue weighted by atomic mass is 35.5. The van der Waals surface area contributed by atoms with Crippen LogP contribution in [-0.4, -0.2) is 37.2 Å². The second-order valence-electron chi connectivity index (χ2n) is 6.46. The van der Waals surface area contributed by atoms with Crippen molar-refractivity contribution in [3.8, 4) is 11.3 Å². The molecule has 7 heteroatoms. The maximum Gasteiger partial charge on any atom is 0.253 e. The molecule has 1 aliphatic rings. The van der Waals surface area contributed by atoms with E-state index in [2.05, 4.69) is 15.2 Å². The fourth-order valence-corrected chi connectivity index (χ4v) is 3.14. The van der Waals surface area contributed by atoms with Crippen LogP contribution in [-0.2, 0) is 11.3 Å². The van der Waals surface area contributed by atoms with Crippen LogP contribution in [0.2, 0.25) is 5.02 Å². The van der Waals surface area contributed by atoms with E-state index in [0.717, 1.165) is 30.2 Å². The molecule has 0 aliphatic carbocycles. The predicted octanol–water partition coefficient (Wildman–Crippen LogP) is 3.76. The summed E-state index contributed by atoms with van der Waals surface area (Å²) in [6, 6.07) is 14.8. The molecule has 1 N–H and O–H groups in total. The molecular formula is C21H20ClN3O3. The summed E-state index contributed by atoms with van der Waals surface area (Å²) >= 11 is 5.91. The molecule has 0 atom stereocenters. The zero-order chi connectivity index (χ0) is 19.3. The second kappa shape index (κ2) is 8.46. The number of rotatable bonds is 5. The van der Waals surface area contributed by atoms with Crippen LogP contribution < -0.4 is 10.2 Å². The largest absolute Gasteiger partial charge is 0.459 e. The number of benzene rings is 1. The van der Waals surface area contributed by atoms with E-state index in [4.69, 9.17) is 20.8 Å². The van der Waals surface area contributed by atoms with Gasteiger partial charge in [0, 0.05) is 29.9 Å². The Morgan fingerprint density at radius 1 is 1.07 bits per heavy atom. The molecule has 1 amide bonds. The molecule has 0 unspecified atom stereocenters. The van der Waals surface area contributed by atoms with Crippen LogP contribution >= 0.6 is 11.6 Å². The molecule has 0 saturated carbocycles. The normalized spacial score (nSPS) is 14.1. The van der Waals surface area contributed by atoms with E-state index in [1.807, 2.05) is 42.5 Å². The molecule has 1 aromatic carbocycles. The number of nitrogens with zero attached hydrogens (tertiary/aromatic N) is 2. The van der Waals surface area contributed by atoms with Crippen molar-refractivity contribution in [2.45, 2.75) is 6.54 Å². The minimum Gasteiger partial charge on any atom is -0.459 e. The molecule has 6 nitrogen and oxygen atoms in total. The number of amides is 1. The Kier molecular flexibility index (Phi) is 5.60. The minimum absolute atomic E-state index is 0.189. The van der Waals surface area contributed by atoms with Crippen molar-refractivity contribution in [3.63, 3.8) is 0 Å². The molecule has 1 fully saturated rings. The summed E-state index contributed by atoms with van der Waals surface area (Å²) in [5.41, 5.74) is 1.45. The molecular weight excluding hydrogens is 378 g/mol. The van der Waals surface area contributed by atoms with Gasteiger partial charge < -0.3 is 19.4 Å². The quantitative estimate of drug-likeness (QED) is 0.710. The molecule has 4 rings (SSSR count). The van der Waals surface area contributed by atoms with Gasteiger partial charge in [-0.25, -0.2) is 4.98 Å². The first-order chi connectivity index (χ1) is 13.7. The number of morpholine rings is 1. The van der Waals surface area contributed by atoms with Crippen LogP contribution in [0.3, 0.4) is 0 Å². The minimum atomic E-state index is -0.189. The molecule has 3 heterocycles. The van der Waals surface area contributed by atoms with E-state index >= 15 is 0 Å². The molecule has 0 bridgehead atoms. The fourth-order valence-electron chi connectivity index (χ4n) is 3.01. The lowest BCUT2D eigenvalue weighted by molar-refractivity contribution is 0.0947. The number of halogens is 1. The van der Waals surface area contributed by atoms with Gasteiger partial charge in [0.05, 0.1) is 25.3 Å². The molecule has 144 valence electrons. The Morgan fingerprint density at radius 2 is 1.86 bits per heavy atom. The Balaban J connectivity index is 1.34. The third-order valence-electron chi connectivity index (χ3n) is 4.56. The lowest BCUT2D eigenvalue weighted by Crippen LogP contribution is -2.36. The first-order valence-electron chi connectivity index (χ1n) is 9.11. The highest BCUT2D eigenvalue weighted by molar-refractivity contribution is 6.30. The number of anilines is 1. The maximum atomic E-state index is 12.4.